The maximum absolute atomic E-state index is 13.5. The highest BCUT2D eigenvalue weighted by molar-refractivity contribution is 7.91. The third-order valence-electron chi connectivity index (χ3n) is 12.4. The van der Waals surface area contributed by atoms with Gasteiger partial charge in [0.1, 0.15) is 6.54 Å². The van der Waals surface area contributed by atoms with Crippen molar-refractivity contribution in [2.75, 3.05) is 34.8 Å². The van der Waals surface area contributed by atoms with Gasteiger partial charge < -0.3 is 10.2 Å². The number of fused-ring (bicyclic) bond motifs is 2. The molecule has 31 heteroatoms. The Labute approximate surface area is 447 Å². The van der Waals surface area contributed by atoms with E-state index in [0.29, 0.717) is 56.5 Å². The summed E-state index contributed by atoms with van der Waals surface area (Å²) in [6.45, 7) is 7.07. The topological polar surface area (TPSA) is 394 Å². The van der Waals surface area contributed by atoms with Gasteiger partial charge in [0.15, 0.2) is 5.71 Å². The van der Waals surface area contributed by atoms with Crippen LogP contribution in [0.1, 0.15) is 83.8 Å². The smallest absolute Gasteiger partial charge is 0.294 e. The molecule has 0 bridgehead atoms. The highest BCUT2D eigenvalue weighted by Crippen LogP contribution is 2.49. The van der Waals surface area contributed by atoms with Gasteiger partial charge in [-0.15, -0.1) is 10.2 Å². The number of carbonyl (C=O) groups is 2. The zero-order valence-corrected chi connectivity index (χ0v) is 46.0. The van der Waals surface area contributed by atoms with E-state index < -0.39 is 89.0 Å². The van der Waals surface area contributed by atoms with Crippen LogP contribution in [0.2, 0.25) is 0 Å². The van der Waals surface area contributed by atoms with Crippen LogP contribution in [0.3, 0.4) is 0 Å². The van der Waals surface area contributed by atoms with E-state index in [1.807, 2.05) is 0 Å². The van der Waals surface area contributed by atoms with Crippen molar-refractivity contribution in [2.24, 2.45) is 5.14 Å². The zero-order valence-electron chi connectivity index (χ0n) is 41.1. The first-order chi connectivity index (χ1) is 35.6. The molecule has 0 atom stereocenters. The number of pyridine rings is 2. The minimum Gasteiger partial charge on any atom is -0.346 e. The van der Waals surface area contributed by atoms with Gasteiger partial charge in [0.25, 0.3) is 62.3 Å². The van der Waals surface area contributed by atoms with Gasteiger partial charge >= 0.3 is 0 Å². The fourth-order valence-corrected chi connectivity index (χ4v) is 12.0. The van der Waals surface area contributed by atoms with Gasteiger partial charge in [0, 0.05) is 65.4 Å². The first-order valence-corrected chi connectivity index (χ1v) is 31.1. The number of nitrogens with one attached hydrogen (secondary N) is 2. The summed E-state index contributed by atoms with van der Waals surface area (Å²) >= 11 is 0.554. The number of aromatic nitrogens is 4. The molecule has 7 rings (SSSR count). The molecule has 0 radical (unpaired) electrons. The van der Waals surface area contributed by atoms with Crippen LogP contribution in [0.15, 0.2) is 117 Å². The lowest BCUT2D eigenvalue weighted by Gasteiger charge is -2.27. The van der Waals surface area contributed by atoms with Crippen LogP contribution >= 0.6 is 11.3 Å². The number of carbonyl (C=O) groups excluding carboxylic acids is 2. The average Bonchev–Trinajstić information content (AvgIpc) is 3.95. The molecule has 5 aromatic rings. The molecule has 0 saturated heterocycles. The number of amides is 2. The van der Waals surface area contributed by atoms with Gasteiger partial charge in [-0.25, -0.2) is 13.6 Å². The summed E-state index contributed by atoms with van der Waals surface area (Å²) in [7, 11) is -22.2. The maximum atomic E-state index is 13.5. The lowest BCUT2D eigenvalue weighted by Crippen LogP contribution is -2.28. The quantitative estimate of drug-likeness (QED) is 0.0251. The Bertz CT molecular complexity index is 3910. The Morgan fingerprint density at radius 1 is 0.740 bits per heavy atom. The number of hydrogen-bond acceptors (Lipinski definition) is 18. The van der Waals surface area contributed by atoms with Crippen LogP contribution in [0, 0.1) is 0 Å². The van der Waals surface area contributed by atoms with E-state index in [4.69, 9.17) is 5.14 Å². The number of hydrogen-bond donors (Lipinski definition) is 7. The van der Waals surface area contributed by atoms with Gasteiger partial charge in [-0.2, -0.15) is 38.2 Å². The summed E-state index contributed by atoms with van der Waals surface area (Å²) in [4.78, 5) is 36.0. The predicted molar refractivity (Wildman–Crippen MR) is 282 cm³/mol. The number of sulfonamides is 1. The highest BCUT2D eigenvalue weighted by Gasteiger charge is 2.45. The fourth-order valence-electron chi connectivity index (χ4n) is 8.67. The minimum absolute atomic E-state index is 0.0230. The molecule has 0 spiro atoms. The summed E-state index contributed by atoms with van der Waals surface area (Å²) in [5.41, 5.74) is 2.06. The predicted octanol–water partition coefficient (Wildman–Crippen LogP) is 3.90. The Morgan fingerprint density at radius 2 is 1.35 bits per heavy atom. The molecule has 8 N–H and O–H groups in total. The molecule has 2 aromatic carbocycles. The van der Waals surface area contributed by atoms with Gasteiger partial charge in [-0.05, 0) is 92.6 Å². The van der Waals surface area contributed by atoms with Crippen molar-refractivity contribution >= 4 is 101 Å². The lowest BCUT2D eigenvalue weighted by atomic mass is 9.81. The molecule has 410 valence electrons. The Kier molecular flexibility index (Phi) is 16.4. The molecular formula is C46H50N9O16S6+. The van der Waals surface area contributed by atoms with E-state index in [1.165, 1.54) is 73.1 Å². The van der Waals surface area contributed by atoms with Crippen LogP contribution in [0.4, 0.5) is 16.5 Å². The maximum Gasteiger partial charge on any atom is 0.294 e. The van der Waals surface area contributed by atoms with Crippen molar-refractivity contribution < 1.29 is 74.5 Å². The van der Waals surface area contributed by atoms with Gasteiger partial charge in [0.2, 0.25) is 15.2 Å². The van der Waals surface area contributed by atoms with Crippen molar-refractivity contribution in [1.29, 1.82) is 0 Å². The molecule has 0 saturated carbocycles. The second-order valence-corrected chi connectivity index (χ2v) is 27.3. The number of allylic oxidation sites excluding steroid dienone is 6. The van der Waals surface area contributed by atoms with Crippen molar-refractivity contribution in [3.05, 3.63) is 137 Å². The largest absolute Gasteiger partial charge is 0.346 e. The average molecular weight is 1180 g/mol. The first kappa shape index (κ1) is 58.2. The molecule has 2 aliphatic heterocycles. The van der Waals surface area contributed by atoms with E-state index in [9.17, 15) is 69.9 Å². The van der Waals surface area contributed by atoms with Gasteiger partial charge in [-0.3, -0.25) is 43.1 Å². The number of anilines is 2. The summed E-state index contributed by atoms with van der Waals surface area (Å²) < 4.78 is 160. The molecule has 5 heterocycles. The highest BCUT2D eigenvalue weighted by atomic mass is 32.3. The van der Waals surface area contributed by atoms with E-state index in [-0.39, 0.29) is 64.2 Å². The number of nitrogens with zero attached hydrogens (tertiary/aromatic N) is 6. The van der Waals surface area contributed by atoms with Gasteiger partial charge in [0.05, 0.1) is 55.8 Å². The van der Waals surface area contributed by atoms with Crippen LogP contribution < -0.4 is 20.7 Å². The number of rotatable bonds is 20. The monoisotopic (exact) mass is 1180 g/mol. The molecule has 2 amide bonds. The Balaban J connectivity index is 1.25. The second-order valence-electron chi connectivity index (χ2n) is 18.6. The molecule has 25 nitrogen and oxygen atoms in total. The first-order valence-electron chi connectivity index (χ1n) is 22.7. The van der Waals surface area contributed by atoms with Crippen LogP contribution in [-0.4, -0.2) is 127 Å². The summed E-state index contributed by atoms with van der Waals surface area (Å²) in [6.07, 6.45) is 9.08. The van der Waals surface area contributed by atoms with Crippen LogP contribution in [0.5, 0.6) is 0 Å². The molecule has 77 heavy (non-hydrogen) atoms. The van der Waals surface area contributed by atoms with Crippen LogP contribution in [-0.2, 0) is 67.9 Å². The molecule has 2 aliphatic rings. The van der Waals surface area contributed by atoms with Crippen LogP contribution in [0.25, 0.3) is 5.57 Å². The molecular weight excluding hydrogens is 1130 g/mol. The van der Waals surface area contributed by atoms with Gasteiger partial charge in [-0.1, -0.05) is 31.3 Å². The third-order valence-corrected chi connectivity index (χ3v) is 17.9. The lowest BCUT2D eigenvalue weighted by molar-refractivity contribution is -0.437. The van der Waals surface area contributed by atoms with Crippen molar-refractivity contribution in [3.63, 3.8) is 0 Å². The van der Waals surface area contributed by atoms with E-state index >= 15 is 0 Å². The standard InChI is InChI=1S/C46H49N9O16S6/c1-45(2)34-23-32(76(66,67)68)12-15-37(34)54(19-5-21-73(58,59)60)39(45)17-9-28(10-18-40-46(3,4)35-24-33(77(69,70)71)13-16-38(35)55(40)20-6-22-74(61,62)63)36-14-8-29(26-49-36)41(56)50-27-31-11-7-30(25-48-31)42(57)51-43-52-53-44(72-43)75(47,64)65/h7-18,23-26H,5-6,19-22,27H2,1-4H3,(H7-,47,50,51,52,56,57,58,59,60,61,62,63,64,65,66,67,68,69,70,71)/p+1. The van der Waals surface area contributed by atoms with E-state index in [0.717, 1.165) is 0 Å². The zero-order chi connectivity index (χ0) is 56.7. The SMILES string of the molecule is CC1(C)C(=CC=C(C=CC2=[N+](CCCS(=O)(=O)O)c3ccc(S(=O)(=O)O)cc3C2(C)C)c2ccc(C(=O)NCc3ccc(C(=O)Nc4nnc(S(N)(=O)=O)s4)cn3)cn2)N(CCCS(=O)(=O)O)c2ccc(S(=O)(=O)O)cc21. The Morgan fingerprint density at radius 3 is 1.94 bits per heavy atom. The molecule has 0 unspecified atom stereocenters. The van der Waals surface area contributed by atoms with E-state index in [2.05, 4.69) is 30.8 Å². The number of nitrogens with two attached hydrogens (primary N) is 1. The summed E-state index contributed by atoms with van der Waals surface area (Å²) in [6, 6.07) is 13.9. The molecule has 0 fully saturated rings. The minimum atomic E-state index is -4.66. The third kappa shape index (κ3) is 13.8. The summed E-state index contributed by atoms with van der Waals surface area (Å²) in [5.74, 6) is -2.45. The molecule has 0 aliphatic carbocycles. The number of benzene rings is 2. The van der Waals surface area contributed by atoms with Crippen molar-refractivity contribution in [1.82, 2.24) is 25.5 Å². The number of primary sulfonamides is 1. The van der Waals surface area contributed by atoms with Crippen molar-refractivity contribution in [2.45, 2.75) is 72.0 Å². The Hall–Kier alpha value is -6.52. The fraction of sp³-hybridized carbons (Fsp3) is 0.283. The van der Waals surface area contributed by atoms with Crippen molar-refractivity contribution in [3.8, 4) is 0 Å². The van der Waals surface area contributed by atoms with E-state index in [1.54, 1.807) is 61.5 Å². The second kappa shape index (κ2) is 21.7. The molecule has 3 aromatic heterocycles. The summed E-state index contributed by atoms with van der Waals surface area (Å²) in [5, 5.41) is 17.1. The normalized spacial score (nSPS) is 16.2.